The number of carbonyl (C=O) groups is 3. The van der Waals surface area contributed by atoms with E-state index < -0.39 is 11.9 Å². The number of ether oxygens (including phenoxy) is 6. The molecule has 222 valence electrons. The number of nitrogen functional groups attached to an aromatic ring is 1. The molecule has 0 bridgehead atoms. The van der Waals surface area contributed by atoms with Crippen LogP contribution in [0.2, 0.25) is 0 Å². The molecule has 0 spiro atoms. The number of hydrogen-bond donors (Lipinski definition) is 2. The highest BCUT2D eigenvalue weighted by molar-refractivity contribution is 5.89. The Kier molecular flexibility index (Phi) is 10.3. The molecule has 6 rings (SSSR count). The van der Waals surface area contributed by atoms with Crippen molar-refractivity contribution in [2.45, 2.75) is 6.54 Å². The van der Waals surface area contributed by atoms with E-state index in [0.717, 1.165) is 34.4 Å². The van der Waals surface area contributed by atoms with Gasteiger partial charge in [0.2, 0.25) is 13.6 Å². The number of carbonyl (C=O) groups excluding carboxylic acids is 3. The van der Waals surface area contributed by atoms with Crippen molar-refractivity contribution in [2.24, 2.45) is 0 Å². The second kappa shape index (κ2) is 14.7. The molecule has 0 atom stereocenters. The predicted octanol–water partition coefficient (Wildman–Crippen LogP) is 3.89. The first kappa shape index (κ1) is 30.1. The summed E-state index contributed by atoms with van der Waals surface area (Å²) >= 11 is 0. The van der Waals surface area contributed by atoms with Gasteiger partial charge in [0.25, 0.3) is 0 Å². The van der Waals surface area contributed by atoms with Crippen molar-refractivity contribution in [3.8, 4) is 23.0 Å². The third kappa shape index (κ3) is 8.33. The van der Waals surface area contributed by atoms with Gasteiger partial charge in [-0.3, -0.25) is 14.8 Å². The van der Waals surface area contributed by atoms with Crippen molar-refractivity contribution in [3.05, 3.63) is 95.6 Å². The number of aromatic nitrogens is 2. The SMILES string of the molecule is COC(=O)c1ccc(C=O)nc1.COC(=O)c1ccc(CNc2ccc3c(c2)OCO3)nc1.Nc1ccc2c(c1)OCO2. The van der Waals surface area contributed by atoms with Crippen LogP contribution in [0.5, 0.6) is 23.0 Å². The van der Waals surface area contributed by atoms with Crippen LogP contribution in [0.3, 0.4) is 0 Å². The molecule has 0 saturated carbocycles. The summed E-state index contributed by atoms with van der Waals surface area (Å²) in [5, 5.41) is 3.24. The number of hydrogen-bond acceptors (Lipinski definition) is 13. The van der Waals surface area contributed by atoms with Gasteiger partial charge in [-0.25, -0.2) is 9.59 Å². The fourth-order valence-electron chi connectivity index (χ4n) is 3.59. The van der Waals surface area contributed by atoms with Crippen molar-refractivity contribution >= 4 is 29.6 Å². The summed E-state index contributed by atoms with van der Waals surface area (Å²) in [5.41, 5.74) is 8.99. The normalized spacial score (nSPS) is 11.6. The highest BCUT2D eigenvalue weighted by Gasteiger charge is 2.13. The Hall–Kier alpha value is -5.85. The molecule has 2 aromatic carbocycles. The lowest BCUT2D eigenvalue weighted by molar-refractivity contribution is 0.0591. The first-order valence-corrected chi connectivity index (χ1v) is 12.7. The van der Waals surface area contributed by atoms with Crippen LogP contribution in [0, 0.1) is 0 Å². The fraction of sp³-hybridized carbons (Fsp3) is 0.167. The summed E-state index contributed by atoms with van der Waals surface area (Å²) in [6.45, 7) is 1.11. The maximum Gasteiger partial charge on any atom is 0.339 e. The molecule has 4 aromatic rings. The minimum absolute atomic E-state index is 0.259. The number of esters is 2. The molecule has 0 aliphatic carbocycles. The van der Waals surface area contributed by atoms with Gasteiger partial charge in [-0.15, -0.1) is 0 Å². The lowest BCUT2D eigenvalue weighted by atomic mass is 10.2. The van der Waals surface area contributed by atoms with Crippen molar-refractivity contribution in [1.82, 2.24) is 9.97 Å². The Morgan fingerprint density at radius 3 is 1.93 bits per heavy atom. The maximum absolute atomic E-state index is 11.3. The van der Waals surface area contributed by atoms with Crippen molar-refractivity contribution in [3.63, 3.8) is 0 Å². The van der Waals surface area contributed by atoms with Gasteiger partial charge in [0.1, 0.15) is 5.69 Å². The maximum atomic E-state index is 11.3. The lowest BCUT2D eigenvalue weighted by Gasteiger charge is -2.07. The highest BCUT2D eigenvalue weighted by atomic mass is 16.7. The van der Waals surface area contributed by atoms with E-state index in [-0.39, 0.29) is 6.79 Å². The zero-order valence-electron chi connectivity index (χ0n) is 23.3. The molecule has 2 aliphatic rings. The summed E-state index contributed by atoms with van der Waals surface area (Å²) in [6, 6.07) is 17.4. The van der Waals surface area contributed by atoms with E-state index in [0.29, 0.717) is 42.1 Å². The minimum atomic E-state index is -0.458. The van der Waals surface area contributed by atoms with Crippen LogP contribution in [-0.2, 0) is 16.0 Å². The standard InChI is InChI=1S/C15H14N2O4.C8H7NO3.C7H7NO2/c1-19-15(18)10-2-3-12(16-7-10)8-17-11-4-5-13-14(6-11)21-9-20-13;1-12-8(11)6-2-3-7(5-10)9-4-6;8-5-1-2-6-7(3-5)10-4-9-6/h2-7,17H,8-9H2,1H3;2-5H,1H3;1-3H,4,8H2. The number of nitrogens with zero attached hydrogens (tertiary/aromatic N) is 2. The number of pyridine rings is 2. The number of rotatable bonds is 6. The molecule has 13 heteroatoms. The molecule has 4 heterocycles. The first-order valence-electron chi connectivity index (χ1n) is 12.7. The van der Waals surface area contributed by atoms with Gasteiger partial charge >= 0.3 is 11.9 Å². The monoisotopic (exact) mass is 588 g/mol. The number of fused-ring (bicyclic) bond motifs is 2. The third-order valence-corrected chi connectivity index (χ3v) is 5.82. The third-order valence-electron chi connectivity index (χ3n) is 5.82. The quantitative estimate of drug-likeness (QED) is 0.189. The molecule has 0 radical (unpaired) electrons. The molecule has 2 aromatic heterocycles. The van der Waals surface area contributed by atoms with E-state index in [1.54, 1.807) is 30.3 Å². The van der Waals surface area contributed by atoms with E-state index in [1.165, 1.54) is 38.7 Å². The molecule has 43 heavy (non-hydrogen) atoms. The van der Waals surface area contributed by atoms with E-state index >= 15 is 0 Å². The predicted molar refractivity (Wildman–Crippen MR) is 153 cm³/mol. The average molecular weight is 589 g/mol. The molecule has 3 N–H and O–H groups in total. The van der Waals surface area contributed by atoms with Gasteiger partial charge in [0.05, 0.1) is 37.6 Å². The summed E-state index contributed by atoms with van der Waals surface area (Å²) in [7, 11) is 2.63. The van der Waals surface area contributed by atoms with E-state index in [1.807, 2.05) is 18.2 Å². The molecule has 2 aliphatic heterocycles. The van der Waals surface area contributed by atoms with Gasteiger partial charge in [0.15, 0.2) is 29.3 Å². The van der Waals surface area contributed by atoms with Crippen LogP contribution < -0.4 is 30.0 Å². The second-order valence-corrected chi connectivity index (χ2v) is 8.65. The van der Waals surface area contributed by atoms with Gasteiger partial charge in [0, 0.05) is 35.9 Å². The number of benzene rings is 2. The van der Waals surface area contributed by atoms with E-state index in [2.05, 4.69) is 24.8 Å². The van der Waals surface area contributed by atoms with Crippen molar-refractivity contribution < 1.29 is 42.8 Å². The van der Waals surface area contributed by atoms with Gasteiger partial charge in [-0.2, -0.15) is 0 Å². The zero-order chi connectivity index (χ0) is 30.6. The number of aldehydes is 1. The number of methoxy groups -OCH3 is 2. The second-order valence-electron chi connectivity index (χ2n) is 8.65. The molecule has 0 fully saturated rings. The van der Waals surface area contributed by atoms with Crippen LogP contribution in [0.4, 0.5) is 11.4 Å². The Morgan fingerprint density at radius 2 is 1.37 bits per heavy atom. The van der Waals surface area contributed by atoms with E-state index in [9.17, 15) is 14.4 Å². The molecule has 0 amide bonds. The summed E-state index contributed by atoms with van der Waals surface area (Å²) in [6.07, 6.45) is 3.42. The molecular formula is C30H28N4O9. The van der Waals surface area contributed by atoms with Crippen molar-refractivity contribution in [2.75, 3.05) is 38.9 Å². The first-order chi connectivity index (χ1) is 20.9. The Balaban J connectivity index is 0.000000162. The Bertz CT molecular complexity index is 1560. The van der Waals surface area contributed by atoms with Crippen LogP contribution >= 0.6 is 0 Å². The van der Waals surface area contributed by atoms with E-state index in [4.69, 9.17) is 24.7 Å². The molecule has 0 saturated heterocycles. The molecular weight excluding hydrogens is 560 g/mol. The average Bonchev–Trinajstić information content (AvgIpc) is 3.73. The Morgan fingerprint density at radius 1 is 0.791 bits per heavy atom. The summed E-state index contributed by atoms with van der Waals surface area (Å²) in [4.78, 5) is 40.3. The summed E-state index contributed by atoms with van der Waals surface area (Å²) in [5.74, 6) is 2.14. The zero-order valence-corrected chi connectivity index (χ0v) is 23.3. The molecule has 0 unspecified atom stereocenters. The van der Waals surface area contributed by atoms with Gasteiger partial charge < -0.3 is 39.5 Å². The topological polar surface area (TPSA) is 170 Å². The van der Waals surface area contributed by atoms with Crippen LogP contribution in [-0.4, -0.2) is 56.0 Å². The minimum Gasteiger partial charge on any atom is -0.465 e. The number of nitrogens with two attached hydrogens (primary N) is 1. The summed E-state index contributed by atoms with van der Waals surface area (Å²) < 4.78 is 29.8. The number of nitrogens with one attached hydrogen (secondary N) is 1. The largest absolute Gasteiger partial charge is 0.465 e. The molecule has 13 nitrogen and oxygen atoms in total. The van der Waals surface area contributed by atoms with Crippen LogP contribution in [0.25, 0.3) is 0 Å². The lowest BCUT2D eigenvalue weighted by Crippen LogP contribution is -2.05. The fourth-order valence-corrected chi connectivity index (χ4v) is 3.59. The Labute approximate surface area is 246 Å². The number of anilines is 2. The van der Waals surface area contributed by atoms with Gasteiger partial charge in [-0.1, -0.05) is 0 Å². The smallest absolute Gasteiger partial charge is 0.339 e. The van der Waals surface area contributed by atoms with Gasteiger partial charge in [-0.05, 0) is 48.5 Å². The van der Waals surface area contributed by atoms with Crippen molar-refractivity contribution in [1.29, 1.82) is 0 Å². The highest BCUT2D eigenvalue weighted by Crippen LogP contribution is 2.34. The van der Waals surface area contributed by atoms with Crippen LogP contribution in [0.15, 0.2) is 73.1 Å². The van der Waals surface area contributed by atoms with Crippen LogP contribution in [0.1, 0.15) is 36.9 Å².